The molecule has 1 saturated heterocycles. The minimum absolute atomic E-state index is 0.197. The van der Waals surface area contributed by atoms with Crippen LogP contribution in [0, 0.1) is 6.92 Å². The molecule has 0 radical (unpaired) electrons. The Kier molecular flexibility index (Phi) is 10.7. The molecular weight excluding hydrogens is 564 g/mol. The highest BCUT2D eigenvalue weighted by Gasteiger charge is 2.49. The maximum atomic E-state index is 13.9. The van der Waals surface area contributed by atoms with E-state index in [1.54, 1.807) is 24.3 Å². The number of aryl methyl sites for hydroxylation is 1. The zero-order valence-electron chi connectivity index (χ0n) is 25.0. The number of hydrogen-bond acceptors (Lipinski definition) is 6. The van der Waals surface area contributed by atoms with Gasteiger partial charge in [-0.3, -0.25) is 9.59 Å². The lowest BCUT2D eigenvalue weighted by Crippen LogP contribution is -2.59. The molecule has 4 N–H and O–H groups in total. The molecule has 3 atom stereocenters. The highest BCUT2D eigenvalue weighted by Crippen LogP contribution is 2.40. The molecule has 1 aliphatic rings. The number of nitrogens with one attached hydrogen (secondary N) is 3. The third-order valence-electron chi connectivity index (χ3n) is 7.48. The summed E-state index contributed by atoms with van der Waals surface area (Å²) >= 11 is 1.47. The first kappa shape index (κ1) is 31.9. The molecule has 10 heteroatoms. The van der Waals surface area contributed by atoms with Gasteiger partial charge < -0.3 is 30.7 Å². The maximum Gasteiger partial charge on any atom is 0.319 e. The van der Waals surface area contributed by atoms with Crippen molar-refractivity contribution in [3.05, 3.63) is 95.6 Å². The summed E-state index contributed by atoms with van der Waals surface area (Å²) in [6.45, 7) is 8.41. The first-order valence-corrected chi connectivity index (χ1v) is 15.4. The average Bonchev–Trinajstić information content (AvgIpc) is 3.32. The van der Waals surface area contributed by atoms with Crippen molar-refractivity contribution in [3.63, 3.8) is 0 Å². The molecule has 1 fully saturated rings. The molecule has 3 aromatic carbocycles. The first-order valence-electron chi connectivity index (χ1n) is 14.4. The van der Waals surface area contributed by atoms with Crippen LogP contribution in [0.25, 0.3) is 0 Å². The monoisotopic (exact) mass is 604 g/mol. The molecule has 3 aromatic rings. The molecule has 4 amide bonds. The summed E-state index contributed by atoms with van der Waals surface area (Å²) in [5.74, 6) is -0.175. The van der Waals surface area contributed by atoms with Crippen LogP contribution in [0.2, 0.25) is 0 Å². The topological polar surface area (TPSA) is 120 Å². The summed E-state index contributed by atoms with van der Waals surface area (Å²) in [6.07, 6.45) is -1.41. The number of benzene rings is 3. The van der Waals surface area contributed by atoms with Crippen LogP contribution in [0.15, 0.2) is 78.9 Å². The summed E-state index contributed by atoms with van der Waals surface area (Å²) < 4.78 is 5.02. The van der Waals surface area contributed by atoms with Gasteiger partial charge in [-0.2, -0.15) is 0 Å². The van der Waals surface area contributed by atoms with Gasteiger partial charge in [0.05, 0.1) is 24.2 Å². The third-order valence-corrected chi connectivity index (χ3v) is 8.85. The molecule has 228 valence electrons. The summed E-state index contributed by atoms with van der Waals surface area (Å²) in [4.78, 5) is 42.0. The van der Waals surface area contributed by atoms with Crippen LogP contribution in [0.3, 0.4) is 0 Å². The number of thioether (sulfide) groups is 1. The van der Waals surface area contributed by atoms with Crippen LogP contribution in [-0.4, -0.2) is 63.3 Å². The van der Waals surface area contributed by atoms with E-state index in [-0.39, 0.29) is 18.2 Å². The predicted octanol–water partition coefficient (Wildman–Crippen LogP) is 4.48. The quantitative estimate of drug-likeness (QED) is 0.256. The number of anilines is 1. The van der Waals surface area contributed by atoms with Gasteiger partial charge in [-0.05, 0) is 62.9 Å². The number of nitrogens with zero attached hydrogens (tertiary/aromatic N) is 1. The van der Waals surface area contributed by atoms with E-state index >= 15 is 0 Å². The number of aliphatic hydroxyl groups is 1. The SMILES string of the molecule is CCOc1ccccc1NC(=O)NC(Cc1ccccc1)C(O)C(=O)N1CSC(C)(C)C1C(=O)NCc1ccccc1C. The Morgan fingerprint density at radius 1 is 1.02 bits per heavy atom. The van der Waals surface area contributed by atoms with E-state index in [0.29, 0.717) is 24.6 Å². The Hall–Kier alpha value is -4.02. The summed E-state index contributed by atoms with van der Waals surface area (Å²) in [7, 11) is 0. The zero-order valence-corrected chi connectivity index (χ0v) is 25.8. The van der Waals surface area contributed by atoms with Crippen molar-refractivity contribution in [1.82, 2.24) is 15.5 Å². The first-order chi connectivity index (χ1) is 20.6. The summed E-state index contributed by atoms with van der Waals surface area (Å²) in [5, 5.41) is 20.0. The number of carbonyl (C=O) groups is 3. The van der Waals surface area contributed by atoms with Gasteiger partial charge in [0.15, 0.2) is 6.10 Å². The van der Waals surface area contributed by atoms with E-state index in [9.17, 15) is 19.5 Å². The fraction of sp³-hybridized carbons (Fsp3) is 0.364. The highest BCUT2D eigenvalue weighted by atomic mass is 32.2. The van der Waals surface area contributed by atoms with E-state index in [1.165, 1.54) is 16.7 Å². The smallest absolute Gasteiger partial charge is 0.319 e. The molecule has 1 aliphatic heterocycles. The van der Waals surface area contributed by atoms with Gasteiger partial charge in [-0.1, -0.05) is 66.7 Å². The lowest BCUT2D eigenvalue weighted by atomic mass is 9.97. The van der Waals surface area contributed by atoms with Crippen molar-refractivity contribution in [3.8, 4) is 5.75 Å². The molecule has 1 heterocycles. The largest absolute Gasteiger partial charge is 0.492 e. The zero-order chi connectivity index (χ0) is 31.0. The Labute approximate surface area is 257 Å². The van der Waals surface area contributed by atoms with Gasteiger partial charge in [-0.15, -0.1) is 11.8 Å². The van der Waals surface area contributed by atoms with Crippen LogP contribution >= 0.6 is 11.8 Å². The third kappa shape index (κ3) is 8.09. The van der Waals surface area contributed by atoms with E-state index in [4.69, 9.17) is 4.74 Å². The summed E-state index contributed by atoms with van der Waals surface area (Å²) in [6, 6.07) is 21.8. The van der Waals surface area contributed by atoms with Gasteiger partial charge in [0.25, 0.3) is 5.91 Å². The van der Waals surface area contributed by atoms with Gasteiger partial charge in [0, 0.05) is 11.3 Å². The minimum atomic E-state index is -1.60. The number of para-hydroxylation sites is 2. The average molecular weight is 605 g/mol. The van der Waals surface area contributed by atoms with Gasteiger partial charge in [0.2, 0.25) is 5.91 Å². The molecule has 0 aliphatic carbocycles. The van der Waals surface area contributed by atoms with Gasteiger partial charge in [0.1, 0.15) is 11.8 Å². The fourth-order valence-corrected chi connectivity index (χ4v) is 6.27. The van der Waals surface area contributed by atoms with Gasteiger partial charge in [-0.25, -0.2) is 4.79 Å². The maximum absolute atomic E-state index is 13.9. The van der Waals surface area contributed by atoms with Crippen LogP contribution in [0.1, 0.15) is 37.5 Å². The minimum Gasteiger partial charge on any atom is -0.492 e. The van der Waals surface area contributed by atoms with E-state index in [0.717, 1.165) is 16.7 Å². The number of aliphatic hydroxyl groups excluding tert-OH is 1. The standard InChI is InChI=1S/C33H40N4O5S/c1-5-42-27-18-12-11-17-25(27)35-32(41)36-26(19-23-14-7-6-8-15-23)28(38)31(40)37-21-43-33(3,4)29(37)30(39)34-20-24-16-10-9-13-22(24)2/h6-18,26,28-29,38H,5,19-21H2,1-4H3,(H,34,39)(H2,35,36,41). The molecule has 0 spiro atoms. The molecule has 3 unspecified atom stereocenters. The molecular formula is C33H40N4O5S. The molecule has 9 nitrogen and oxygen atoms in total. The predicted molar refractivity (Wildman–Crippen MR) is 170 cm³/mol. The lowest BCUT2D eigenvalue weighted by Gasteiger charge is -2.33. The Morgan fingerprint density at radius 3 is 2.42 bits per heavy atom. The second kappa shape index (κ2) is 14.4. The number of amides is 4. The number of ether oxygens (including phenoxy) is 1. The van der Waals surface area contributed by atoms with E-state index < -0.39 is 34.9 Å². The molecule has 0 bridgehead atoms. The normalized spacial score (nSPS) is 17.0. The Balaban J connectivity index is 1.52. The molecule has 0 aromatic heterocycles. The van der Waals surface area contributed by atoms with Gasteiger partial charge >= 0.3 is 6.03 Å². The van der Waals surface area contributed by atoms with Crippen molar-refractivity contribution in [1.29, 1.82) is 0 Å². The second-order valence-electron chi connectivity index (χ2n) is 11.0. The Morgan fingerprint density at radius 2 is 1.70 bits per heavy atom. The fourth-order valence-electron chi connectivity index (χ4n) is 5.13. The molecule has 43 heavy (non-hydrogen) atoms. The van der Waals surface area contributed by atoms with Crippen molar-refractivity contribution in [2.24, 2.45) is 0 Å². The molecule has 0 saturated carbocycles. The second-order valence-corrected chi connectivity index (χ2v) is 12.6. The van der Waals surface area contributed by atoms with Crippen LogP contribution in [0.4, 0.5) is 10.5 Å². The van der Waals surface area contributed by atoms with E-state index in [2.05, 4.69) is 16.0 Å². The lowest BCUT2D eigenvalue weighted by molar-refractivity contribution is -0.147. The summed E-state index contributed by atoms with van der Waals surface area (Å²) in [5.41, 5.74) is 3.34. The number of urea groups is 1. The van der Waals surface area contributed by atoms with Crippen LogP contribution in [-0.2, 0) is 22.6 Å². The van der Waals surface area contributed by atoms with Crippen molar-refractivity contribution < 1.29 is 24.2 Å². The molecule has 4 rings (SSSR count). The number of rotatable bonds is 11. The number of carbonyl (C=O) groups excluding carboxylic acids is 3. The van der Waals surface area contributed by atoms with Crippen molar-refractivity contribution >= 4 is 35.3 Å². The van der Waals surface area contributed by atoms with Crippen molar-refractivity contribution in [2.45, 2.75) is 63.6 Å². The van der Waals surface area contributed by atoms with E-state index in [1.807, 2.05) is 82.3 Å². The Bertz CT molecular complexity index is 1420. The number of hydrogen-bond donors (Lipinski definition) is 4. The highest BCUT2D eigenvalue weighted by molar-refractivity contribution is 8.00. The van der Waals surface area contributed by atoms with Crippen molar-refractivity contribution in [2.75, 3.05) is 17.8 Å². The van der Waals surface area contributed by atoms with Crippen LogP contribution in [0.5, 0.6) is 5.75 Å². The van der Waals surface area contributed by atoms with Crippen LogP contribution < -0.4 is 20.7 Å².